The van der Waals surface area contributed by atoms with E-state index in [1.165, 1.54) is 22.4 Å². The molecule has 0 N–H and O–H groups in total. The maximum Gasteiger partial charge on any atom is 0.0489 e. The predicted molar refractivity (Wildman–Crippen MR) is 90.7 cm³/mol. The second-order valence-electron chi connectivity index (χ2n) is 5.49. The van der Waals surface area contributed by atoms with E-state index in [0.717, 1.165) is 5.02 Å². The summed E-state index contributed by atoms with van der Waals surface area (Å²) in [6.07, 6.45) is 2.23. The van der Waals surface area contributed by atoms with Crippen LogP contribution in [0.4, 0.5) is 0 Å². The minimum Gasteiger partial charge on any atom is -0.344 e. The largest absolute Gasteiger partial charge is 0.344 e. The van der Waals surface area contributed by atoms with Gasteiger partial charge in [0.05, 0.1) is 0 Å². The van der Waals surface area contributed by atoms with Gasteiger partial charge in [-0.3, -0.25) is 0 Å². The fourth-order valence-electron chi connectivity index (χ4n) is 2.55. The van der Waals surface area contributed by atoms with Crippen molar-refractivity contribution < 1.29 is 0 Å². The summed E-state index contributed by atoms with van der Waals surface area (Å²) in [5.74, 6) is 0. The van der Waals surface area contributed by atoms with Crippen LogP contribution in [0.3, 0.4) is 0 Å². The summed E-state index contributed by atoms with van der Waals surface area (Å²) in [4.78, 5) is 0. The van der Waals surface area contributed by atoms with Gasteiger partial charge in [0.1, 0.15) is 0 Å². The molecule has 0 bridgehead atoms. The van der Waals surface area contributed by atoms with Gasteiger partial charge in [0, 0.05) is 23.0 Å². The maximum atomic E-state index is 6.00. The number of benzene rings is 2. The fraction of sp³-hybridized carbons (Fsp3) is 0.158. The van der Waals surface area contributed by atoms with Crippen molar-refractivity contribution in [2.45, 2.75) is 19.9 Å². The second-order valence-corrected chi connectivity index (χ2v) is 5.92. The van der Waals surface area contributed by atoms with E-state index in [0.29, 0.717) is 6.04 Å². The van der Waals surface area contributed by atoms with Gasteiger partial charge in [-0.05, 0) is 48.7 Å². The molecule has 0 unspecified atom stereocenters. The van der Waals surface area contributed by atoms with Crippen LogP contribution in [0, 0.1) is 0 Å². The van der Waals surface area contributed by atoms with Gasteiger partial charge >= 0.3 is 0 Å². The van der Waals surface area contributed by atoms with E-state index in [1.54, 1.807) is 0 Å². The van der Waals surface area contributed by atoms with Gasteiger partial charge < -0.3 is 4.57 Å². The van der Waals surface area contributed by atoms with Crippen molar-refractivity contribution >= 4 is 11.6 Å². The topological polar surface area (TPSA) is 4.93 Å². The standard InChI is InChI=1S/C19H18ClN/c1-14(2)21-13-17(15-6-4-3-5-7-15)12-19(21)16-8-10-18(20)11-9-16/h3-14H,1-2H3. The van der Waals surface area contributed by atoms with Crippen LogP contribution in [0.2, 0.25) is 5.02 Å². The Bertz CT molecular complexity index is 724. The monoisotopic (exact) mass is 295 g/mol. The van der Waals surface area contributed by atoms with Crippen LogP contribution in [-0.4, -0.2) is 4.57 Å². The Balaban J connectivity index is 2.11. The Morgan fingerprint density at radius 2 is 1.48 bits per heavy atom. The molecule has 0 aliphatic rings. The third-order valence-corrected chi connectivity index (χ3v) is 3.90. The molecule has 1 aromatic heterocycles. The molecular weight excluding hydrogens is 278 g/mol. The molecule has 0 aliphatic carbocycles. The van der Waals surface area contributed by atoms with E-state index >= 15 is 0 Å². The normalized spacial score (nSPS) is 11.0. The minimum atomic E-state index is 0.410. The van der Waals surface area contributed by atoms with Crippen molar-refractivity contribution in [3.05, 3.63) is 71.9 Å². The van der Waals surface area contributed by atoms with Crippen LogP contribution in [0.5, 0.6) is 0 Å². The number of nitrogens with zero attached hydrogens (tertiary/aromatic N) is 1. The smallest absolute Gasteiger partial charge is 0.0489 e. The molecule has 1 heterocycles. The van der Waals surface area contributed by atoms with Crippen LogP contribution in [0.1, 0.15) is 19.9 Å². The molecule has 3 rings (SSSR count). The molecule has 0 spiro atoms. The zero-order chi connectivity index (χ0) is 14.8. The number of halogens is 1. The summed E-state index contributed by atoms with van der Waals surface area (Å²) < 4.78 is 2.31. The predicted octanol–water partition coefficient (Wildman–Crippen LogP) is 6.06. The van der Waals surface area contributed by atoms with Crippen LogP contribution < -0.4 is 0 Å². The zero-order valence-electron chi connectivity index (χ0n) is 12.3. The highest BCUT2D eigenvalue weighted by Gasteiger charge is 2.11. The minimum absolute atomic E-state index is 0.410. The average molecular weight is 296 g/mol. The molecule has 106 valence electrons. The first-order chi connectivity index (χ1) is 10.1. The van der Waals surface area contributed by atoms with Gasteiger partial charge in [0.15, 0.2) is 0 Å². The summed E-state index contributed by atoms with van der Waals surface area (Å²) in [6.45, 7) is 4.41. The molecular formula is C19H18ClN. The lowest BCUT2D eigenvalue weighted by molar-refractivity contribution is 0.610. The van der Waals surface area contributed by atoms with Gasteiger partial charge in [0.25, 0.3) is 0 Å². The Morgan fingerprint density at radius 1 is 0.810 bits per heavy atom. The van der Waals surface area contributed by atoms with Crippen LogP contribution in [0.15, 0.2) is 66.9 Å². The third kappa shape index (κ3) is 2.88. The van der Waals surface area contributed by atoms with E-state index in [-0.39, 0.29) is 0 Å². The highest BCUT2D eigenvalue weighted by molar-refractivity contribution is 6.30. The van der Waals surface area contributed by atoms with Crippen molar-refractivity contribution in [1.82, 2.24) is 4.57 Å². The molecule has 0 amide bonds. The second kappa shape index (κ2) is 5.79. The summed E-state index contributed by atoms with van der Waals surface area (Å²) >= 11 is 6.00. The molecule has 0 saturated carbocycles. The first kappa shape index (κ1) is 14.0. The lowest BCUT2D eigenvalue weighted by Gasteiger charge is -2.12. The number of hydrogen-bond acceptors (Lipinski definition) is 0. The van der Waals surface area contributed by atoms with E-state index in [2.05, 4.69) is 67.1 Å². The Hall–Kier alpha value is -1.99. The molecule has 0 aliphatic heterocycles. The maximum absolute atomic E-state index is 6.00. The quantitative estimate of drug-likeness (QED) is 0.554. The third-order valence-electron chi connectivity index (χ3n) is 3.65. The van der Waals surface area contributed by atoms with Gasteiger partial charge in [-0.1, -0.05) is 54.1 Å². The van der Waals surface area contributed by atoms with Crippen LogP contribution in [0.25, 0.3) is 22.4 Å². The SMILES string of the molecule is CC(C)n1cc(-c2ccccc2)cc1-c1ccc(Cl)cc1. The van der Waals surface area contributed by atoms with Crippen LogP contribution in [-0.2, 0) is 0 Å². The summed E-state index contributed by atoms with van der Waals surface area (Å²) in [6, 6.07) is 21.2. The average Bonchev–Trinajstić information content (AvgIpc) is 2.94. The molecule has 0 saturated heterocycles. The molecule has 0 radical (unpaired) electrons. The molecule has 0 fully saturated rings. The highest BCUT2D eigenvalue weighted by atomic mass is 35.5. The summed E-state index contributed by atoms with van der Waals surface area (Å²) in [5.41, 5.74) is 4.90. The first-order valence-corrected chi connectivity index (χ1v) is 7.56. The van der Waals surface area contributed by atoms with E-state index in [9.17, 15) is 0 Å². The molecule has 2 heteroatoms. The number of rotatable bonds is 3. The van der Waals surface area contributed by atoms with E-state index in [4.69, 9.17) is 11.6 Å². The molecule has 21 heavy (non-hydrogen) atoms. The summed E-state index contributed by atoms with van der Waals surface area (Å²) in [5, 5.41) is 0.768. The van der Waals surface area contributed by atoms with E-state index < -0.39 is 0 Å². The fourth-order valence-corrected chi connectivity index (χ4v) is 2.67. The molecule has 0 atom stereocenters. The van der Waals surface area contributed by atoms with Crippen molar-refractivity contribution in [3.8, 4) is 22.4 Å². The molecule has 2 aromatic carbocycles. The van der Waals surface area contributed by atoms with Crippen LogP contribution >= 0.6 is 11.6 Å². The zero-order valence-corrected chi connectivity index (χ0v) is 13.0. The van der Waals surface area contributed by atoms with Gasteiger partial charge in [-0.2, -0.15) is 0 Å². The van der Waals surface area contributed by atoms with Crippen molar-refractivity contribution in [1.29, 1.82) is 0 Å². The summed E-state index contributed by atoms with van der Waals surface area (Å²) in [7, 11) is 0. The first-order valence-electron chi connectivity index (χ1n) is 7.18. The van der Waals surface area contributed by atoms with Gasteiger partial charge in [0.2, 0.25) is 0 Å². The van der Waals surface area contributed by atoms with Crippen molar-refractivity contribution in [2.24, 2.45) is 0 Å². The Kier molecular flexibility index (Phi) is 3.85. The molecule has 3 aromatic rings. The van der Waals surface area contributed by atoms with Gasteiger partial charge in [-0.25, -0.2) is 0 Å². The highest BCUT2D eigenvalue weighted by Crippen LogP contribution is 2.31. The Morgan fingerprint density at radius 3 is 2.10 bits per heavy atom. The van der Waals surface area contributed by atoms with Crippen molar-refractivity contribution in [3.63, 3.8) is 0 Å². The lowest BCUT2D eigenvalue weighted by Crippen LogP contribution is -2.00. The van der Waals surface area contributed by atoms with E-state index in [1.807, 2.05) is 18.2 Å². The lowest BCUT2D eigenvalue weighted by atomic mass is 10.1. The number of aromatic nitrogens is 1. The molecule has 1 nitrogen and oxygen atoms in total. The Labute approximate surface area is 130 Å². The van der Waals surface area contributed by atoms with Crippen molar-refractivity contribution in [2.75, 3.05) is 0 Å². The number of hydrogen-bond donors (Lipinski definition) is 0. The van der Waals surface area contributed by atoms with Gasteiger partial charge in [-0.15, -0.1) is 0 Å².